The van der Waals surface area contributed by atoms with Crippen LogP contribution in [-0.4, -0.2) is 27.1 Å². The predicted molar refractivity (Wildman–Crippen MR) is 76.6 cm³/mol. The van der Waals surface area contributed by atoms with Crippen molar-refractivity contribution in [1.82, 2.24) is 9.78 Å². The van der Waals surface area contributed by atoms with Gasteiger partial charge in [-0.2, -0.15) is 5.10 Å². The lowest BCUT2D eigenvalue weighted by atomic mass is 10.1. The first-order chi connectivity index (χ1) is 9.15. The molecule has 2 aromatic rings. The van der Waals surface area contributed by atoms with Crippen LogP contribution >= 0.6 is 11.8 Å². The summed E-state index contributed by atoms with van der Waals surface area (Å²) in [6.07, 6.45) is 3.64. The average Bonchev–Trinajstić information content (AvgIpc) is 2.83. The van der Waals surface area contributed by atoms with Gasteiger partial charge in [-0.3, -0.25) is 4.68 Å². The molecule has 1 heterocycles. The quantitative estimate of drug-likeness (QED) is 0.672. The van der Waals surface area contributed by atoms with E-state index < -0.39 is 5.97 Å². The van der Waals surface area contributed by atoms with E-state index in [0.717, 1.165) is 10.5 Å². The number of benzene rings is 1. The molecule has 2 rings (SSSR count). The Labute approximate surface area is 115 Å². The standard InChI is InChI=1S/C14H14N2O2S/c1-3-8-16-13(14(17)18)9-12(15-16)10-4-6-11(19-2)7-5-10/h3-7,9H,1,8H2,2H3,(H,17,18). The molecule has 1 aromatic heterocycles. The second-order valence-electron chi connectivity index (χ2n) is 3.92. The summed E-state index contributed by atoms with van der Waals surface area (Å²) in [5.41, 5.74) is 1.74. The monoisotopic (exact) mass is 274 g/mol. The zero-order chi connectivity index (χ0) is 13.8. The molecule has 0 spiro atoms. The van der Waals surface area contributed by atoms with Gasteiger partial charge in [-0.15, -0.1) is 18.3 Å². The van der Waals surface area contributed by atoms with Crippen molar-refractivity contribution in [3.05, 3.63) is 48.7 Å². The molecule has 0 aliphatic heterocycles. The first-order valence-corrected chi connectivity index (χ1v) is 6.94. The average molecular weight is 274 g/mol. The minimum Gasteiger partial charge on any atom is -0.477 e. The van der Waals surface area contributed by atoms with Crippen LogP contribution in [-0.2, 0) is 6.54 Å². The number of carbonyl (C=O) groups is 1. The Morgan fingerprint density at radius 3 is 2.68 bits per heavy atom. The Kier molecular flexibility index (Phi) is 4.06. The highest BCUT2D eigenvalue weighted by Gasteiger charge is 2.14. The van der Waals surface area contributed by atoms with E-state index in [1.54, 1.807) is 23.9 Å². The molecular weight excluding hydrogens is 260 g/mol. The molecule has 98 valence electrons. The summed E-state index contributed by atoms with van der Waals surface area (Å²) in [7, 11) is 0. The highest BCUT2D eigenvalue weighted by Crippen LogP contribution is 2.23. The summed E-state index contributed by atoms with van der Waals surface area (Å²) in [5.74, 6) is -0.985. The van der Waals surface area contributed by atoms with Crippen LogP contribution in [0.1, 0.15) is 10.5 Å². The third kappa shape index (κ3) is 2.88. The minimum absolute atomic E-state index is 0.170. The van der Waals surface area contributed by atoms with Crippen molar-refractivity contribution >= 4 is 17.7 Å². The molecule has 0 radical (unpaired) electrons. The smallest absolute Gasteiger partial charge is 0.354 e. The molecule has 0 amide bonds. The Morgan fingerprint density at radius 2 is 2.16 bits per heavy atom. The second kappa shape index (κ2) is 5.75. The van der Waals surface area contributed by atoms with E-state index in [1.807, 2.05) is 30.5 Å². The van der Waals surface area contributed by atoms with Crippen LogP contribution in [0.5, 0.6) is 0 Å². The third-order valence-electron chi connectivity index (χ3n) is 2.69. The van der Waals surface area contributed by atoms with Crippen LogP contribution < -0.4 is 0 Å². The van der Waals surface area contributed by atoms with Crippen molar-refractivity contribution in [3.8, 4) is 11.3 Å². The molecule has 0 saturated heterocycles. The Morgan fingerprint density at radius 1 is 1.47 bits per heavy atom. The van der Waals surface area contributed by atoms with Crippen molar-refractivity contribution < 1.29 is 9.90 Å². The molecule has 4 nitrogen and oxygen atoms in total. The molecule has 0 unspecified atom stereocenters. The first kappa shape index (κ1) is 13.4. The fraction of sp³-hybridized carbons (Fsp3) is 0.143. The van der Waals surface area contributed by atoms with Crippen LogP contribution in [0, 0.1) is 0 Å². The van der Waals surface area contributed by atoms with E-state index >= 15 is 0 Å². The molecule has 0 aliphatic carbocycles. The van der Waals surface area contributed by atoms with Gasteiger partial charge in [0.05, 0.1) is 12.2 Å². The van der Waals surface area contributed by atoms with Gasteiger partial charge < -0.3 is 5.11 Å². The predicted octanol–water partition coefficient (Wildman–Crippen LogP) is 3.16. The summed E-state index contributed by atoms with van der Waals surface area (Å²) < 4.78 is 1.44. The summed E-state index contributed by atoms with van der Waals surface area (Å²) in [6, 6.07) is 9.45. The molecule has 1 aromatic carbocycles. The molecule has 1 N–H and O–H groups in total. The van der Waals surface area contributed by atoms with Gasteiger partial charge in [0.15, 0.2) is 0 Å². The van der Waals surface area contributed by atoms with Gasteiger partial charge >= 0.3 is 5.97 Å². The van der Waals surface area contributed by atoms with Gasteiger partial charge in [0.1, 0.15) is 5.69 Å². The number of thioether (sulfide) groups is 1. The number of hydrogen-bond acceptors (Lipinski definition) is 3. The zero-order valence-corrected chi connectivity index (χ0v) is 11.4. The van der Waals surface area contributed by atoms with Gasteiger partial charge in [-0.1, -0.05) is 18.2 Å². The fourth-order valence-electron chi connectivity index (χ4n) is 1.75. The summed E-state index contributed by atoms with van der Waals surface area (Å²) >= 11 is 1.66. The summed E-state index contributed by atoms with van der Waals surface area (Å²) in [4.78, 5) is 12.3. The van der Waals surface area contributed by atoms with Crippen molar-refractivity contribution in [2.45, 2.75) is 11.4 Å². The maximum absolute atomic E-state index is 11.1. The van der Waals surface area contributed by atoms with Crippen molar-refractivity contribution in [2.24, 2.45) is 0 Å². The largest absolute Gasteiger partial charge is 0.477 e. The molecule has 0 atom stereocenters. The van der Waals surface area contributed by atoms with Crippen LogP contribution in [0.15, 0.2) is 47.9 Å². The van der Waals surface area contributed by atoms with Crippen molar-refractivity contribution in [1.29, 1.82) is 0 Å². The van der Waals surface area contributed by atoms with E-state index in [1.165, 1.54) is 4.68 Å². The topological polar surface area (TPSA) is 55.1 Å². The van der Waals surface area contributed by atoms with Crippen LogP contribution in [0.2, 0.25) is 0 Å². The molecule has 19 heavy (non-hydrogen) atoms. The molecule has 0 fully saturated rings. The van der Waals surface area contributed by atoms with E-state index in [9.17, 15) is 4.79 Å². The highest BCUT2D eigenvalue weighted by molar-refractivity contribution is 7.98. The second-order valence-corrected chi connectivity index (χ2v) is 4.80. The van der Waals surface area contributed by atoms with Gasteiger partial charge in [-0.05, 0) is 24.5 Å². The number of nitrogens with zero attached hydrogens (tertiary/aromatic N) is 2. The molecule has 0 aliphatic rings. The number of rotatable bonds is 5. The van der Waals surface area contributed by atoms with Crippen LogP contribution in [0.3, 0.4) is 0 Å². The fourth-order valence-corrected chi connectivity index (χ4v) is 2.16. The van der Waals surface area contributed by atoms with E-state index in [0.29, 0.717) is 12.2 Å². The Bertz CT molecular complexity index is 602. The number of carboxylic acids is 1. The Balaban J connectivity index is 2.41. The lowest BCUT2D eigenvalue weighted by Gasteiger charge is -2.00. The van der Waals surface area contributed by atoms with Crippen LogP contribution in [0.4, 0.5) is 0 Å². The van der Waals surface area contributed by atoms with E-state index in [2.05, 4.69) is 11.7 Å². The van der Waals surface area contributed by atoms with Crippen molar-refractivity contribution in [2.75, 3.05) is 6.26 Å². The van der Waals surface area contributed by atoms with Crippen LogP contribution in [0.25, 0.3) is 11.3 Å². The lowest BCUT2D eigenvalue weighted by Crippen LogP contribution is -2.08. The number of allylic oxidation sites excluding steroid dienone is 1. The third-order valence-corrected chi connectivity index (χ3v) is 3.43. The SMILES string of the molecule is C=CCn1nc(-c2ccc(SC)cc2)cc1C(=O)O. The van der Waals surface area contributed by atoms with E-state index in [-0.39, 0.29) is 5.69 Å². The number of carboxylic acid groups (broad SMARTS) is 1. The van der Waals surface area contributed by atoms with E-state index in [4.69, 9.17) is 5.11 Å². The normalized spacial score (nSPS) is 10.4. The maximum atomic E-state index is 11.1. The number of aromatic nitrogens is 2. The summed E-state index contributed by atoms with van der Waals surface area (Å²) in [6.45, 7) is 3.98. The highest BCUT2D eigenvalue weighted by atomic mass is 32.2. The molecular formula is C14H14N2O2S. The number of hydrogen-bond donors (Lipinski definition) is 1. The van der Waals surface area contributed by atoms with Gasteiger partial charge in [0, 0.05) is 10.5 Å². The lowest BCUT2D eigenvalue weighted by molar-refractivity contribution is 0.0684. The number of aromatic carboxylic acids is 1. The molecule has 0 saturated carbocycles. The Hall–Kier alpha value is -2.01. The zero-order valence-electron chi connectivity index (χ0n) is 10.5. The molecule has 5 heteroatoms. The summed E-state index contributed by atoms with van der Waals surface area (Å²) in [5, 5.41) is 13.4. The minimum atomic E-state index is -0.985. The first-order valence-electron chi connectivity index (χ1n) is 5.72. The van der Waals surface area contributed by atoms with Gasteiger partial charge in [0.2, 0.25) is 0 Å². The maximum Gasteiger partial charge on any atom is 0.354 e. The van der Waals surface area contributed by atoms with Gasteiger partial charge in [0.25, 0.3) is 0 Å². The van der Waals surface area contributed by atoms with Crippen molar-refractivity contribution in [3.63, 3.8) is 0 Å². The van der Waals surface area contributed by atoms with Gasteiger partial charge in [-0.25, -0.2) is 4.79 Å². The molecule has 0 bridgehead atoms.